The molecular weight excluding hydrogens is 1330 g/mol. The monoisotopic (exact) mass is 1530 g/mol. The predicted molar refractivity (Wildman–Crippen MR) is 485 cm³/mol. The van der Waals surface area contributed by atoms with Gasteiger partial charge in [0.15, 0.2) is 6.29 Å². The Hall–Kier alpha value is -3.33. The molecular formula is C95H199N3O9. The Labute approximate surface area is 674 Å². The van der Waals surface area contributed by atoms with Crippen LogP contribution in [0.5, 0.6) is 0 Å². The minimum Gasteiger partial charge on any atom is -0.469 e. The minimum absolute atomic E-state index is 0.109. The highest BCUT2D eigenvalue weighted by Crippen LogP contribution is 2.14. The van der Waals surface area contributed by atoms with Gasteiger partial charge in [-0.1, -0.05) is 326 Å². The molecule has 12 heteroatoms. The molecule has 0 fully saturated rings. The molecule has 0 bridgehead atoms. The van der Waals surface area contributed by atoms with Gasteiger partial charge in [0, 0.05) is 86.2 Å². The number of methoxy groups -OCH3 is 5. The lowest BCUT2D eigenvalue weighted by Crippen LogP contribution is -2.35. The summed E-state index contributed by atoms with van der Waals surface area (Å²) in [6, 6.07) is 9.49. The molecule has 0 spiro atoms. The number of nitrogens with one attached hydrogen (secondary N) is 2. The SMILES string of the molecule is C/C(=C\c1ccco1)C(C)C.C=CCNC(C)C.CC(C)Cc1ccco1.CCC(C)C.CCC/C=C/C(C)C.CCCC(C)C.CCCCC/C=C/C(C)C.CCCCCC(C)C.CCCCCCC(C)C.CO.COC(=O)CC(C)C.COC(C)C.COC(CN(C)C(C)C)OC.COCCNC(C)C. The molecule has 0 aromatic carbocycles. The number of ether oxygens (including phenoxy) is 5. The van der Waals surface area contributed by atoms with Crippen molar-refractivity contribution in [2.45, 2.75) is 387 Å². The Morgan fingerprint density at radius 1 is 0.533 bits per heavy atom. The molecule has 2 heterocycles. The lowest BCUT2D eigenvalue weighted by atomic mass is 10.0. The second-order valence-corrected chi connectivity index (χ2v) is 31.8. The number of likely N-dealkylation sites (N-methyl/N-ethyl adjacent to an activating group) is 1. The molecule has 0 aliphatic rings. The van der Waals surface area contributed by atoms with E-state index in [1.165, 1.54) is 128 Å². The van der Waals surface area contributed by atoms with Gasteiger partial charge in [-0.25, -0.2) is 0 Å². The highest BCUT2D eigenvalue weighted by atomic mass is 16.7. The largest absolute Gasteiger partial charge is 0.469 e. The summed E-state index contributed by atoms with van der Waals surface area (Å²) in [5, 5.41) is 13.4. The van der Waals surface area contributed by atoms with E-state index < -0.39 is 0 Å². The van der Waals surface area contributed by atoms with E-state index >= 15 is 0 Å². The normalized spacial score (nSPS) is 10.7. The number of carbonyl (C=O) groups excluding carboxylic acids is 1. The number of aliphatic hydroxyl groups is 1. The van der Waals surface area contributed by atoms with Gasteiger partial charge in [0.25, 0.3) is 0 Å². The maximum absolute atomic E-state index is 10.4. The first-order valence-corrected chi connectivity index (χ1v) is 42.6. The summed E-state index contributed by atoms with van der Waals surface area (Å²) >= 11 is 0. The van der Waals surface area contributed by atoms with Gasteiger partial charge in [-0.3, -0.25) is 9.69 Å². The van der Waals surface area contributed by atoms with Crippen LogP contribution in [0.25, 0.3) is 6.08 Å². The van der Waals surface area contributed by atoms with Crippen molar-refractivity contribution in [2.75, 3.05) is 75.9 Å². The Kier molecular flexibility index (Phi) is 132. The van der Waals surface area contributed by atoms with Crippen LogP contribution >= 0.6 is 0 Å². The standard InChI is InChI=1S/C10H14O.C10H20.C9H20.C8H19NO2.C8H12O.C8H18.C8H16.C6H15NO.C6H13N.C6H12O2.C6H14.C5H12.C4H10O.CH4O/c1-8(2)9(3)7-10-5-4-6-11-10;1-4-5-6-7-8-9-10(2)3;1-4-5-6-7-8-9(2)3;1-7(2)9(3)6-8(10-4)11-5;1-7(2)6-8-4-3-5-9-8;2*1-4-5-6-7-8(2)3;1-6(2)7-4-5-8-3;1-4-5-7-6(2)3;1-5(2)4-6(7)8-3;1-4-5-6(2)3;1-4-5(2)3;1-4(2)5-3;1-2/h4-8H,1-3H3;8-10H,4-7H2,1-3H3;9H,4-8H2,1-3H3;7-8H,6H2,1-5H3;3-5,7H,6H2,1-2H3;8H,4-7H2,1-3H3;6-8H,4-5H2,1-3H3;6-7H,4-5H2,1-3H3;4,6-7H,1,5H2,2-3H3;5H,4H2,1-3H3;6H,4-5H2,1-3H3;5H,4H2,1-3H3;4H,1-3H3;2H,1H3/b9-7+;9-8+;;;;;7-6+;;;;;;;. The van der Waals surface area contributed by atoms with Crippen molar-refractivity contribution in [2.24, 2.45) is 53.3 Å². The summed E-state index contributed by atoms with van der Waals surface area (Å²) in [5.74, 6) is 8.64. The van der Waals surface area contributed by atoms with Crippen molar-refractivity contribution in [3.05, 3.63) is 90.8 Å². The number of carbonyl (C=O) groups is 1. The van der Waals surface area contributed by atoms with Crippen LogP contribution in [0.4, 0.5) is 0 Å². The van der Waals surface area contributed by atoms with E-state index in [1.54, 1.807) is 41.0 Å². The molecule has 12 nitrogen and oxygen atoms in total. The number of hydrogen-bond acceptors (Lipinski definition) is 12. The van der Waals surface area contributed by atoms with Crippen molar-refractivity contribution >= 4 is 12.0 Å². The van der Waals surface area contributed by atoms with Crippen LogP contribution in [0.1, 0.15) is 362 Å². The van der Waals surface area contributed by atoms with E-state index in [4.69, 9.17) is 32.9 Å². The fourth-order valence-electron chi connectivity index (χ4n) is 7.25. The van der Waals surface area contributed by atoms with Crippen LogP contribution in [0, 0.1) is 53.3 Å². The molecule has 2 rings (SSSR count). The molecule has 2 aromatic rings. The van der Waals surface area contributed by atoms with Gasteiger partial charge >= 0.3 is 5.97 Å². The van der Waals surface area contributed by atoms with E-state index in [0.717, 1.165) is 86.8 Å². The number of nitrogens with zero attached hydrogens (tertiary/aromatic N) is 1. The summed E-state index contributed by atoms with van der Waals surface area (Å²) < 4.78 is 34.4. The number of esters is 1. The number of hydrogen-bond donors (Lipinski definition) is 3. The van der Waals surface area contributed by atoms with E-state index in [9.17, 15) is 4.79 Å². The number of furan rings is 2. The van der Waals surface area contributed by atoms with Gasteiger partial charge < -0.3 is 48.3 Å². The van der Waals surface area contributed by atoms with Crippen LogP contribution in [0.15, 0.2) is 88.2 Å². The van der Waals surface area contributed by atoms with Crippen LogP contribution in [-0.4, -0.2) is 122 Å². The van der Waals surface area contributed by atoms with Crippen molar-refractivity contribution in [3.63, 3.8) is 0 Å². The smallest absolute Gasteiger partial charge is 0.305 e. The first kappa shape index (κ1) is 130. The van der Waals surface area contributed by atoms with Crippen LogP contribution in [-0.2, 0) is 34.9 Å². The van der Waals surface area contributed by atoms with Crippen molar-refractivity contribution in [1.29, 1.82) is 0 Å². The fourth-order valence-corrected chi connectivity index (χ4v) is 7.25. The third-order valence-electron chi connectivity index (χ3n) is 14.8. The van der Waals surface area contributed by atoms with E-state index in [-0.39, 0.29) is 12.3 Å². The maximum atomic E-state index is 10.4. The molecule has 107 heavy (non-hydrogen) atoms. The molecule has 0 unspecified atom stereocenters. The number of aliphatic hydroxyl groups excluding tert-OH is 1. The Balaban J connectivity index is -0.0000000917. The first-order valence-electron chi connectivity index (χ1n) is 42.6. The second-order valence-electron chi connectivity index (χ2n) is 31.8. The average molecular weight is 1530 g/mol. The van der Waals surface area contributed by atoms with Crippen LogP contribution in [0.2, 0.25) is 0 Å². The van der Waals surface area contributed by atoms with Crippen molar-refractivity contribution < 1.29 is 42.4 Å². The molecule has 648 valence electrons. The number of unbranched alkanes of at least 4 members (excludes halogenated alkanes) is 9. The molecule has 0 radical (unpaired) electrons. The second kappa shape index (κ2) is 109. The van der Waals surface area contributed by atoms with Gasteiger partial charge in [0.1, 0.15) is 11.5 Å². The third-order valence-corrected chi connectivity index (χ3v) is 14.8. The van der Waals surface area contributed by atoms with Crippen LogP contribution < -0.4 is 10.6 Å². The number of rotatable bonds is 39. The van der Waals surface area contributed by atoms with Crippen molar-refractivity contribution in [1.82, 2.24) is 15.5 Å². The summed E-state index contributed by atoms with van der Waals surface area (Å²) in [4.78, 5) is 12.6. The molecule has 0 saturated carbocycles. The fraction of sp³-hybridized carbons (Fsp3) is 0.821. The zero-order valence-electron chi connectivity index (χ0n) is 79.8. The predicted octanol–water partition coefficient (Wildman–Crippen LogP) is 28.5. The summed E-state index contributed by atoms with van der Waals surface area (Å²) in [6.45, 7) is 78.9. The van der Waals surface area contributed by atoms with Crippen LogP contribution in [0.3, 0.4) is 0 Å². The van der Waals surface area contributed by atoms with E-state index in [1.807, 2.05) is 58.0 Å². The van der Waals surface area contributed by atoms with Gasteiger partial charge in [0.05, 0.1) is 32.3 Å². The lowest BCUT2D eigenvalue weighted by Gasteiger charge is -2.24. The number of allylic oxidation sites excluding steroid dienone is 5. The highest BCUT2D eigenvalue weighted by molar-refractivity contribution is 5.69. The van der Waals surface area contributed by atoms with Gasteiger partial charge in [0.2, 0.25) is 0 Å². The molecule has 0 saturated heterocycles. The Bertz CT molecular complexity index is 1860. The Morgan fingerprint density at radius 3 is 1.25 bits per heavy atom. The van der Waals surface area contributed by atoms with E-state index in [0.29, 0.717) is 48.4 Å². The molecule has 3 N–H and O–H groups in total. The molecule has 0 aliphatic heterocycles. The minimum atomic E-state index is -0.125. The third kappa shape index (κ3) is 164. The molecule has 2 aromatic heterocycles. The molecule has 0 atom stereocenters. The van der Waals surface area contributed by atoms with Gasteiger partial charge in [-0.2, -0.15) is 0 Å². The van der Waals surface area contributed by atoms with Crippen molar-refractivity contribution in [3.8, 4) is 0 Å². The summed E-state index contributed by atoms with van der Waals surface area (Å²) in [7, 11) is 11.2. The average Bonchev–Trinajstić information content (AvgIpc) is 1.87. The van der Waals surface area contributed by atoms with E-state index in [2.05, 4.69) is 265 Å². The Morgan fingerprint density at radius 2 is 0.972 bits per heavy atom. The first-order chi connectivity index (χ1) is 50.2. The topological polar surface area (TPSA) is 137 Å². The highest BCUT2D eigenvalue weighted by Gasteiger charge is 2.11. The van der Waals surface area contributed by atoms with Gasteiger partial charge in [-0.15, -0.1) is 6.58 Å². The summed E-state index contributed by atoms with van der Waals surface area (Å²) in [6.07, 6.45) is 42.8. The zero-order chi connectivity index (χ0) is 85.8. The molecule has 0 aliphatic carbocycles. The molecule has 0 amide bonds. The van der Waals surface area contributed by atoms with Gasteiger partial charge in [-0.05, 0) is 145 Å². The lowest BCUT2D eigenvalue weighted by molar-refractivity contribution is -0.141. The summed E-state index contributed by atoms with van der Waals surface area (Å²) in [5.41, 5.74) is 1.35. The quantitative estimate of drug-likeness (QED) is 0.0254. The zero-order valence-corrected chi connectivity index (χ0v) is 79.8. The maximum Gasteiger partial charge on any atom is 0.305 e.